The molecule has 5 nitrogen and oxygen atoms in total. The molecule has 16 heavy (non-hydrogen) atoms. The van der Waals surface area contributed by atoms with Gasteiger partial charge in [0.1, 0.15) is 0 Å². The maximum atomic E-state index is 11.0. The molecule has 0 radical (unpaired) electrons. The quantitative estimate of drug-likeness (QED) is 0.860. The molecule has 0 bridgehead atoms. The van der Waals surface area contributed by atoms with E-state index in [1.807, 2.05) is 6.07 Å². The van der Waals surface area contributed by atoms with Crippen LogP contribution in [0.2, 0.25) is 0 Å². The lowest BCUT2D eigenvalue weighted by Crippen LogP contribution is -1.92. The fraction of sp³-hybridized carbons (Fsp3) is 0. The van der Waals surface area contributed by atoms with Crippen LogP contribution in [0.5, 0.6) is 0 Å². The maximum Gasteiger partial charge on any atom is 0.296 e. The summed E-state index contributed by atoms with van der Waals surface area (Å²) < 4.78 is 22.8. The third-order valence-electron chi connectivity index (χ3n) is 1.78. The number of hydrogen-bond acceptors (Lipinski definition) is 4. The highest BCUT2D eigenvalue weighted by molar-refractivity contribution is 9.10. The standard InChI is InChI=1S/C8H5BrClN3O2S/c9-6-3-1-2-5(4-6)7-11-8(13-12-7)16(10,14)15/h1-4H,(H,11,12,13). The molecular formula is C8H5BrClN3O2S. The Kier molecular flexibility index (Phi) is 3.00. The summed E-state index contributed by atoms with van der Waals surface area (Å²) in [7, 11) is 1.25. The molecule has 2 rings (SSSR count). The van der Waals surface area contributed by atoms with E-state index < -0.39 is 9.05 Å². The molecule has 0 aliphatic heterocycles. The summed E-state index contributed by atoms with van der Waals surface area (Å²) in [5, 5.41) is 5.68. The van der Waals surface area contributed by atoms with Crippen LogP contribution in [0.1, 0.15) is 0 Å². The van der Waals surface area contributed by atoms with Gasteiger partial charge in [-0.25, -0.2) is 13.5 Å². The molecule has 8 heteroatoms. The molecular weight excluding hydrogens is 318 g/mol. The third kappa shape index (κ3) is 2.42. The van der Waals surface area contributed by atoms with Gasteiger partial charge in [-0.05, 0) is 12.1 Å². The van der Waals surface area contributed by atoms with Crippen LogP contribution in [0.3, 0.4) is 0 Å². The second-order valence-corrected chi connectivity index (χ2v) is 6.31. The second kappa shape index (κ2) is 4.15. The first kappa shape index (κ1) is 11.6. The van der Waals surface area contributed by atoms with E-state index >= 15 is 0 Å². The van der Waals surface area contributed by atoms with Crippen LogP contribution < -0.4 is 0 Å². The molecule has 0 aliphatic rings. The summed E-state index contributed by atoms with van der Waals surface area (Å²) in [4.78, 5) is 3.79. The summed E-state index contributed by atoms with van der Waals surface area (Å²) in [6.07, 6.45) is 0. The fourth-order valence-electron chi connectivity index (χ4n) is 1.11. The molecule has 0 saturated carbocycles. The average molecular weight is 323 g/mol. The number of nitrogens with one attached hydrogen (secondary N) is 1. The Morgan fingerprint density at radius 1 is 1.38 bits per heavy atom. The lowest BCUT2D eigenvalue weighted by molar-refractivity contribution is 0.602. The van der Waals surface area contributed by atoms with Crippen LogP contribution in [0.4, 0.5) is 0 Å². The van der Waals surface area contributed by atoms with Crippen molar-refractivity contribution in [1.82, 2.24) is 15.2 Å². The predicted molar refractivity (Wildman–Crippen MR) is 62.6 cm³/mol. The highest BCUT2D eigenvalue weighted by Crippen LogP contribution is 2.21. The number of aromatic amines is 1. The van der Waals surface area contributed by atoms with Gasteiger partial charge in [-0.2, -0.15) is 10.1 Å². The van der Waals surface area contributed by atoms with Crippen molar-refractivity contribution in [2.75, 3.05) is 0 Å². The number of nitrogens with zero attached hydrogens (tertiary/aromatic N) is 2. The minimum Gasteiger partial charge on any atom is -0.248 e. The van der Waals surface area contributed by atoms with Gasteiger partial charge in [-0.3, -0.25) is 0 Å². The van der Waals surface area contributed by atoms with E-state index in [0.717, 1.165) is 4.47 Å². The summed E-state index contributed by atoms with van der Waals surface area (Å²) in [6, 6.07) is 7.17. The van der Waals surface area contributed by atoms with Crippen molar-refractivity contribution in [1.29, 1.82) is 0 Å². The Balaban J connectivity index is 2.47. The summed E-state index contributed by atoms with van der Waals surface area (Å²) in [6.45, 7) is 0. The molecule has 0 amide bonds. The molecule has 1 aromatic heterocycles. The van der Waals surface area contributed by atoms with Crippen LogP contribution >= 0.6 is 26.6 Å². The zero-order valence-electron chi connectivity index (χ0n) is 7.68. The van der Waals surface area contributed by atoms with Crippen molar-refractivity contribution >= 4 is 35.7 Å². The van der Waals surface area contributed by atoms with Crippen molar-refractivity contribution in [2.24, 2.45) is 0 Å². The molecule has 0 fully saturated rings. The Labute approximate surface area is 104 Å². The summed E-state index contributed by atoms with van der Waals surface area (Å²) >= 11 is 3.30. The molecule has 0 spiro atoms. The van der Waals surface area contributed by atoms with Gasteiger partial charge in [0.05, 0.1) is 0 Å². The van der Waals surface area contributed by atoms with E-state index in [0.29, 0.717) is 5.56 Å². The first-order chi connectivity index (χ1) is 7.47. The van der Waals surface area contributed by atoms with E-state index in [1.165, 1.54) is 0 Å². The van der Waals surface area contributed by atoms with Gasteiger partial charge < -0.3 is 0 Å². The molecule has 0 aliphatic carbocycles. The predicted octanol–water partition coefficient (Wildman–Crippen LogP) is 2.16. The number of rotatable bonds is 2. The number of H-pyrrole nitrogens is 1. The van der Waals surface area contributed by atoms with Crippen molar-refractivity contribution in [3.8, 4) is 11.4 Å². The van der Waals surface area contributed by atoms with Gasteiger partial charge in [-0.15, -0.1) is 0 Å². The normalized spacial score (nSPS) is 11.6. The van der Waals surface area contributed by atoms with Crippen molar-refractivity contribution in [3.05, 3.63) is 28.7 Å². The largest absolute Gasteiger partial charge is 0.296 e. The first-order valence-corrected chi connectivity index (χ1v) is 7.20. The highest BCUT2D eigenvalue weighted by atomic mass is 79.9. The molecule has 1 heterocycles. The molecule has 0 atom stereocenters. The Hall–Kier alpha value is -0.920. The second-order valence-electron chi connectivity index (χ2n) is 2.91. The third-order valence-corrected chi connectivity index (χ3v) is 3.35. The van der Waals surface area contributed by atoms with Crippen LogP contribution in [0.15, 0.2) is 33.9 Å². The minimum absolute atomic E-state index is 0.278. The molecule has 2 aromatic rings. The topological polar surface area (TPSA) is 75.7 Å². The van der Waals surface area contributed by atoms with Gasteiger partial charge in [0.15, 0.2) is 5.82 Å². The zero-order valence-corrected chi connectivity index (χ0v) is 10.8. The zero-order chi connectivity index (χ0) is 11.8. The van der Waals surface area contributed by atoms with Crippen molar-refractivity contribution < 1.29 is 8.42 Å². The highest BCUT2D eigenvalue weighted by Gasteiger charge is 2.16. The number of halogens is 2. The number of hydrogen-bond donors (Lipinski definition) is 1. The Morgan fingerprint density at radius 2 is 2.12 bits per heavy atom. The van der Waals surface area contributed by atoms with Gasteiger partial charge in [0, 0.05) is 20.7 Å². The van der Waals surface area contributed by atoms with E-state index in [2.05, 4.69) is 31.1 Å². The maximum absolute atomic E-state index is 11.0. The van der Waals surface area contributed by atoms with Crippen molar-refractivity contribution in [3.63, 3.8) is 0 Å². The van der Waals surface area contributed by atoms with Gasteiger partial charge in [-0.1, -0.05) is 28.1 Å². The average Bonchev–Trinajstić information content (AvgIpc) is 2.65. The SMILES string of the molecule is O=S(=O)(Cl)c1nc(-c2cccc(Br)c2)n[nH]1. The fourth-order valence-corrected chi connectivity index (χ4v) is 2.07. The van der Waals surface area contributed by atoms with Crippen molar-refractivity contribution in [2.45, 2.75) is 5.16 Å². The molecule has 0 unspecified atom stereocenters. The van der Waals surface area contributed by atoms with Gasteiger partial charge in [0.25, 0.3) is 14.2 Å². The Bertz CT molecular complexity index is 626. The van der Waals surface area contributed by atoms with Crippen LogP contribution in [0.25, 0.3) is 11.4 Å². The van der Waals surface area contributed by atoms with Gasteiger partial charge >= 0.3 is 0 Å². The van der Waals surface area contributed by atoms with E-state index in [1.54, 1.807) is 18.2 Å². The smallest absolute Gasteiger partial charge is 0.248 e. The van der Waals surface area contributed by atoms with Crippen LogP contribution in [0, 0.1) is 0 Å². The molecule has 84 valence electrons. The number of aromatic nitrogens is 3. The monoisotopic (exact) mass is 321 g/mol. The molecule has 1 aromatic carbocycles. The molecule has 0 saturated heterocycles. The molecule has 1 N–H and O–H groups in total. The summed E-state index contributed by atoms with van der Waals surface area (Å²) in [5.74, 6) is 0.278. The lowest BCUT2D eigenvalue weighted by atomic mass is 10.2. The van der Waals surface area contributed by atoms with Gasteiger partial charge in [0.2, 0.25) is 0 Å². The Morgan fingerprint density at radius 3 is 2.69 bits per heavy atom. The minimum atomic E-state index is -3.87. The van der Waals surface area contributed by atoms with Crippen LogP contribution in [-0.2, 0) is 9.05 Å². The summed E-state index contributed by atoms with van der Waals surface area (Å²) in [5.41, 5.74) is 0.692. The van der Waals surface area contributed by atoms with E-state index in [9.17, 15) is 8.42 Å². The van der Waals surface area contributed by atoms with Crippen LogP contribution in [-0.4, -0.2) is 23.6 Å². The van der Waals surface area contributed by atoms with E-state index in [4.69, 9.17) is 10.7 Å². The van der Waals surface area contributed by atoms with E-state index in [-0.39, 0.29) is 11.0 Å². The number of benzene rings is 1. The first-order valence-electron chi connectivity index (χ1n) is 4.10. The lowest BCUT2D eigenvalue weighted by Gasteiger charge is -1.94.